The molecule has 0 aromatic heterocycles. The molecule has 1 amide bonds. The molecule has 0 bridgehead atoms. The summed E-state index contributed by atoms with van der Waals surface area (Å²) in [5.74, 6) is -1.55. The number of carbonyl (C=O) groups excluding carboxylic acids is 1. The number of amides is 1. The summed E-state index contributed by atoms with van der Waals surface area (Å²) < 4.78 is 1.16. The Kier molecular flexibility index (Phi) is 5.59. The Hall–Kier alpha value is -0.160. The lowest BCUT2D eigenvalue weighted by molar-refractivity contribution is 0.0694. The van der Waals surface area contributed by atoms with Gasteiger partial charge in [0.15, 0.2) is 0 Å². The van der Waals surface area contributed by atoms with Crippen LogP contribution in [0.5, 0.6) is 0 Å². The van der Waals surface area contributed by atoms with Gasteiger partial charge in [0.1, 0.15) is 6.07 Å². The molecule has 0 aliphatic rings. The fraction of sp³-hybridized carbons (Fsp3) is 0.100. The first kappa shape index (κ1) is 15.9. The number of nitriles is 1. The van der Waals surface area contributed by atoms with E-state index in [4.69, 9.17) is 5.26 Å². The minimum absolute atomic E-state index is 0.00762. The van der Waals surface area contributed by atoms with Crippen LogP contribution in [0.3, 0.4) is 0 Å². The lowest BCUT2D eigenvalue weighted by Gasteiger charge is -2.13. The first-order chi connectivity index (χ1) is 8.36. The highest BCUT2D eigenvalue weighted by Crippen LogP contribution is 2.31. The molecule has 0 aliphatic heterocycles. The molecule has 8 heteroatoms. The number of carboxylic acids is 1. The number of carboxylic acid groups (broad SMARTS) is 1. The minimum Gasteiger partial charge on any atom is -0.478 e. The monoisotopic (exact) mass is 582 g/mol. The van der Waals surface area contributed by atoms with Gasteiger partial charge in [0.2, 0.25) is 0 Å². The smallest absolute Gasteiger partial charge is 0.337 e. The van der Waals surface area contributed by atoms with Crippen LogP contribution in [0, 0.1) is 22.0 Å². The highest BCUT2D eigenvalue weighted by atomic mass is 127. The summed E-state index contributed by atoms with van der Waals surface area (Å²) in [6.07, 6.45) is 0. The second kappa shape index (κ2) is 6.33. The maximum Gasteiger partial charge on any atom is 0.337 e. The van der Waals surface area contributed by atoms with Crippen LogP contribution in [-0.2, 0) is 0 Å². The molecule has 1 aromatic carbocycles. The van der Waals surface area contributed by atoms with Crippen molar-refractivity contribution >= 4 is 79.6 Å². The minimum atomic E-state index is -1.15. The van der Waals surface area contributed by atoms with Crippen LogP contribution in [0.25, 0.3) is 0 Å². The summed E-state index contributed by atoms with van der Waals surface area (Å²) in [5.41, 5.74) is 0.437. The third kappa shape index (κ3) is 2.72. The molecule has 0 spiro atoms. The van der Waals surface area contributed by atoms with Gasteiger partial charge in [0.25, 0.3) is 5.91 Å². The van der Waals surface area contributed by atoms with Gasteiger partial charge in [0.05, 0.1) is 16.7 Å². The molecule has 5 nitrogen and oxygen atoms in total. The summed E-state index contributed by atoms with van der Waals surface area (Å²) in [5, 5.41) is 20.7. The standard InChI is InChI=1S/C10H5I3N2O3/c1-15-9(16)4-6(11)3(2-14)7(12)5(8(4)13)10(17)18/h1H3,(H,15,16)(H,17,18). The van der Waals surface area contributed by atoms with Gasteiger partial charge >= 0.3 is 5.97 Å². The van der Waals surface area contributed by atoms with Crippen molar-refractivity contribution < 1.29 is 14.7 Å². The predicted octanol–water partition coefficient (Wildman–Crippen LogP) is 2.43. The highest BCUT2D eigenvalue weighted by Gasteiger charge is 2.26. The summed E-state index contributed by atoms with van der Waals surface area (Å²) in [4.78, 5) is 23.0. The van der Waals surface area contributed by atoms with Crippen molar-refractivity contribution in [1.82, 2.24) is 5.32 Å². The number of rotatable bonds is 2. The van der Waals surface area contributed by atoms with E-state index >= 15 is 0 Å². The van der Waals surface area contributed by atoms with Crippen LogP contribution in [0.15, 0.2) is 0 Å². The molecule has 1 rings (SSSR count). The van der Waals surface area contributed by atoms with E-state index < -0.39 is 11.9 Å². The van der Waals surface area contributed by atoms with Gasteiger partial charge in [0, 0.05) is 17.8 Å². The number of hydrogen-bond acceptors (Lipinski definition) is 3. The van der Waals surface area contributed by atoms with E-state index in [1.165, 1.54) is 7.05 Å². The Bertz CT molecular complexity index is 593. The quantitative estimate of drug-likeness (QED) is 0.525. The molecule has 0 heterocycles. The first-order valence-electron chi connectivity index (χ1n) is 4.42. The molecular weight excluding hydrogens is 577 g/mol. The second-order valence-electron chi connectivity index (χ2n) is 3.06. The predicted molar refractivity (Wildman–Crippen MR) is 89.7 cm³/mol. The van der Waals surface area contributed by atoms with Crippen LogP contribution in [0.4, 0.5) is 0 Å². The summed E-state index contributed by atoms with van der Waals surface area (Å²) in [7, 11) is 1.46. The molecule has 0 saturated heterocycles. The van der Waals surface area contributed by atoms with E-state index in [9.17, 15) is 14.7 Å². The largest absolute Gasteiger partial charge is 0.478 e. The normalized spacial score (nSPS) is 9.72. The van der Waals surface area contributed by atoms with Crippen molar-refractivity contribution in [1.29, 1.82) is 5.26 Å². The van der Waals surface area contributed by atoms with Crippen LogP contribution >= 0.6 is 67.8 Å². The Morgan fingerprint density at radius 3 is 2.06 bits per heavy atom. The van der Waals surface area contributed by atoms with Crippen LogP contribution in [0.1, 0.15) is 26.3 Å². The van der Waals surface area contributed by atoms with Gasteiger partial charge in [-0.1, -0.05) is 0 Å². The number of halogens is 3. The molecule has 18 heavy (non-hydrogen) atoms. The Labute approximate surface area is 144 Å². The Morgan fingerprint density at radius 2 is 1.67 bits per heavy atom. The molecule has 94 valence electrons. The molecule has 0 unspecified atom stereocenters. The Balaban J connectivity index is 3.85. The number of carbonyl (C=O) groups is 2. The van der Waals surface area contributed by atoms with Gasteiger partial charge < -0.3 is 10.4 Å². The van der Waals surface area contributed by atoms with Gasteiger partial charge in [-0.3, -0.25) is 4.79 Å². The van der Waals surface area contributed by atoms with E-state index in [-0.39, 0.29) is 16.7 Å². The van der Waals surface area contributed by atoms with Gasteiger partial charge in [-0.05, 0) is 67.8 Å². The van der Waals surface area contributed by atoms with Crippen molar-refractivity contribution in [3.05, 3.63) is 27.4 Å². The van der Waals surface area contributed by atoms with Crippen LogP contribution < -0.4 is 5.32 Å². The van der Waals surface area contributed by atoms with Crippen LogP contribution in [-0.4, -0.2) is 24.0 Å². The summed E-state index contributed by atoms with van der Waals surface area (Å²) in [6.45, 7) is 0. The average Bonchev–Trinajstić information content (AvgIpc) is 2.28. The van der Waals surface area contributed by atoms with E-state index in [2.05, 4.69) is 5.32 Å². The first-order valence-corrected chi connectivity index (χ1v) is 7.66. The molecule has 1 aromatic rings. The summed E-state index contributed by atoms with van der Waals surface area (Å²) >= 11 is 5.52. The number of benzene rings is 1. The van der Waals surface area contributed by atoms with Crippen LogP contribution in [0.2, 0.25) is 0 Å². The highest BCUT2D eigenvalue weighted by molar-refractivity contribution is 14.1. The number of hydrogen-bond donors (Lipinski definition) is 2. The van der Waals surface area contributed by atoms with Gasteiger partial charge in [-0.25, -0.2) is 4.79 Å². The zero-order chi connectivity index (χ0) is 14.0. The van der Waals surface area contributed by atoms with Crippen molar-refractivity contribution in [2.75, 3.05) is 7.05 Å². The van der Waals surface area contributed by atoms with Crippen molar-refractivity contribution in [3.63, 3.8) is 0 Å². The van der Waals surface area contributed by atoms with E-state index in [1.807, 2.05) is 73.8 Å². The van der Waals surface area contributed by atoms with Crippen molar-refractivity contribution in [2.24, 2.45) is 0 Å². The molecule has 0 radical (unpaired) electrons. The maximum absolute atomic E-state index is 11.8. The summed E-state index contributed by atoms with van der Waals surface area (Å²) in [6, 6.07) is 1.94. The molecule has 0 aliphatic carbocycles. The molecule has 0 fully saturated rings. The lowest BCUT2D eigenvalue weighted by atomic mass is 10.1. The number of nitrogens with one attached hydrogen (secondary N) is 1. The van der Waals surface area contributed by atoms with Gasteiger partial charge in [-0.2, -0.15) is 5.26 Å². The number of aromatic carboxylic acids is 1. The van der Waals surface area contributed by atoms with E-state index in [0.29, 0.717) is 10.7 Å². The van der Waals surface area contributed by atoms with E-state index in [1.54, 1.807) is 0 Å². The zero-order valence-electron chi connectivity index (χ0n) is 8.84. The SMILES string of the molecule is CNC(=O)c1c(I)c(C#N)c(I)c(C(=O)O)c1I. The van der Waals surface area contributed by atoms with Crippen molar-refractivity contribution in [2.45, 2.75) is 0 Å². The third-order valence-corrected chi connectivity index (χ3v) is 5.33. The molecule has 0 atom stereocenters. The third-order valence-electron chi connectivity index (χ3n) is 2.10. The second-order valence-corrected chi connectivity index (χ2v) is 6.30. The lowest BCUT2D eigenvalue weighted by Crippen LogP contribution is -2.23. The zero-order valence-corrected chi connectivity index (χ0v) is 15.3. The average molecular weight is 582 g/mol. The fourth-order valence-corrected chi connectivity index (χ4v) is 5.63. The molecule has 2 N–H and O–H groups in total. The molecule has 0 saturated carbocycles. The van der Waals surface area contributed by atoms with E-state index in [0.717, 1.165) is 0 Å². The fourth-order valence-electron chi connectivity index (χ4n) is 1.27. The van der Waals surface area contributed by atoms with Gasteiger partial charge in [-0.15, -0.1) is 0 Å². The van der Waals surface area contributed by atoms with Crippen molar-refractivity contribution in [3.8, 4) is 6.07 Å². The molecular formula is C10H5I3N2O3. The Morgan fingerprint density at radius 1 is 1.17 bits per heavy atom. The maximum atomic E-state index is 11.8. The topological polar surface area (TPSA) is 90.2 Å². The number of nitrogens with zero attached hydrogens (tertiary/aromatic N) is 1.